The van der Waals surface area contributed by atoms with Crippen LogP contribution in [-0.4, -0.2) is 9.91 Å². The van der Waals surface area contributed by atoms with Crippen LogP contribution in [0, 0.1) is 23.0 Å². The topological polar surface area (TPSA) is 68.1 Å². The standard InChI is InChI=1S/C14H14FN3O2/c1-9-3-4-11(7-13(9)18(19)20)10(2)17-12-5-6-14(15)16-8-12/h3-8,10,17H,1-2H3. The van der Waals surface area contributed by atoms with E-state index in [1.54, 1.807) is 25.1 Å². The molecule has 0 saturated carbocycles. The van der Waals surface area contributed by atoms with Gasteiger partial charge in [-0.05, 0) is 31.5 Å². The minimum atomic E-state index is -0.547. The van der Waals surface area contributed by atoms with E-state index in [1.165, 1.54) is 12.3 Å². The van der Waals surface area contributed by atoms with Gasteiger partial charge in [-0.25, -0.2) is 4.98 Å². The van der Waals surface area contributed by atoms with Crippen LogP contribution in [0.15, 0.2) is 36.5 Å². The third kappa shape index (κ3) is 3.09. The molecular weight excluding hydrogens is 261 g/mol. The zero-order chi connectivity index (χ0) is 14.7. The Hall–Kier alpha value is -2.50. The fraction of sp³-hybridized carbons (Fsp3) is 0.214. The van der Waals surface area contributed by atoms with Crippen LogP contribution in [0.3, 0.4) is 0 Å². The highest BCUT2D eigenvalue weighted by Gasteiger charge is 2.14. The van der Waals surface area contributed by atoms with Crippen LogP contribution in [0.1, 0.15) is 24.1 Å². The van der Waals surface area contributed by atoms with Crippen LogP contribution in [0.2, 0.25) is 0 Å². The van der Waals surface area contributed by atoms with Gasteiger partial charge in [0.25, 0.3) is 5.69 Å². The van der Waals surface area contributed by atoms with E-state index in [9.17, 15) is 14.5 Å². The summed E-state index contributed by atoms with van der Waals surface area (Å²) in [6.45, 7) is 3.57. The number of anilines is 1. The molecule has 1 unspecified atom stereocenters. The van der Waals surface area contributed by atoms with E-state index >= 15 is 0 Å². The molecule has 6 heteroatoms. The number of aromatic nitrogens is 1. The number of nitro benzene ring substituents is 1. The van der Waals surface area contributed by atoms with Crippen molar-refractivity contribution in [2.45, 2.75) is 19.9 Å². The van der Waals surface area contributed by atoms with E-state index in [0.717, 1.165) is 5.56 Å². The number of nitro groups is 1. The van der Waals surface area contributed by atoms with Gasteiger partial charge in [0.1, 0.15) is 0 Å². The second kappa shape index (κ2) is 5.64. The van der Waals surface area contributed by atoms with Crippen LogP contribution in [0.4, 0.5) is 15.8 Å². The summed E-state index contributed by atoms with van der Waals surface area (Å²) < 4.78 is 12.7. The van der Waals surface area contributed by atoms with E-state index in [1.807, 2.05) is 13.0 Å². The summed E-state index contributed by atoms with van der Waals surface area (Å²) >= 11 is 0. The van der Waals surface area contributed by atoms with Gasteiger partial charge in [-0.1, -0.05) is 12.1 Å². The van der Waals surface area contributed by atoms with Gasteiger partial charge in [-0.2, -0.15) is 4.39 Å². The van der Waals surface area contributed by atoms with Gasteiger partial charge in [0.05, 0.1) is 16.8 Å². The molecule has 2 aromatic rings. The quantitative estimate of drug-likeness (QED) is 0.525. The van der Waals surface area contributed by atoms with Crippen molar-refractivity contribution in [3.63, 3.8) is 0 Å². The van der Waals surface area contributed by atoms with Crippen LogP contribution < -0.4 is 5.32 Å². The molecule has 1 heterocycles. The molecule has 0 aliphatic heterocycles. The Bertz CT molecular complexity index is 629. The second-order valence-electron chi connectivity index (χ2n) is 4.54. The second-order valence-corrected chi connectivity index (χ2v) is 4.54. The summed E-state index contributed by atoms with van der Waals surface area (Å²) in [6.07, 6.45) is 1.38. The monoisotopic (exact) mass is 275 g/mol. The molecule has 1 aromatic heterocycles. The van der Waals surface area contributed by atoms with Gasteiger partial charge in [-0.3, -0.25) is 10.1 Å². The molecule has 0 aliphatic carbocycles. The molecule has 5 nitrogen and oxygen atoms in total. The molecule has 0 saturated heterocycles. The third-order valence-corrected chi connectivity index (χ3v) is 3.04. The minimum Gasteiger partial charge on any atom is -0.377 e. The lowest BCUT2D eigenvalue weighted by Gasteiger charge is -2.15. The Labute approximate surface area is 115 Å². The van der Waals surface area contributed by atoms with Crippen LogP contribution >= 0.6 is 0 Å². The molecule has 0 amide bonds. The van der Waals surface area contributed by atoms with Crippen LogP contribution in [-0.2, 0) is 0 Å². The Balaban J connectivity index is 2.20. The number of nitrogens with zero attached hydrogens (tertiary/aromatic N) is 2. The minimum absolute atomic E-state index is 0.0911. The Kier molecular flexibility index (Phi) is 3.93. The molecule has 1 atom stereocenters. The number of halogens is 1. The van der Waals surface area contributed by atoms with Gasteiger partial charge < -0.3 is 5.32 Å². The SMILES string of the molecule is Cc1ccc(C(C)Nc2ccc(F)nc2)cc1[N+](=O)[O-]. The van der Waals surface area contributed by atoms with E-state index in [0.29, 0.717) is 11.3 Å². The van der Waals surface area contributed by atoms with E-state index in [2.05, 4.69) is 10.3 Å². The smallest absolute Gasteiger partial charge is 0.272 e. The Morgan fingerprint density at radius 3 is 2.70 bits per heavy atom. The van der Waals surface area contributed by atoms with Crippen molar-refractivity contribution in [2.24, 2.45) is 0 Å². The van der Waals surface area contributed by atoms with Crippen molar-refractivity contribution in [3.8, 4) is 0 Å². The van der Waals surface area contributed by atoms with E-state index < -0.39 is 10.9 Å². The van der Waals surface area contributed by atoms with Crippen LogP contribution in [0.25, 0.3) is 0 Å². The van der Waals surface area contributed by atoms with E-state index in [4.69, 9.17) is 0 Å². The van der Waals surface area contributed by atoms with Crippen molar-refractivity contribution in [2.75, 3.05) is 5.32 Å². The highest BCUT2D eigenvalue weighted by Crippen LogP contribution is 2.25. The van der Waals surface area contributed by atoms with Gasteiger partial charge >= 0.3 is 0 Å². The molecule has 1 N–H and O–H groups in total. The summed E-state index contributed by atoms with van der Waals surface area (Å²) in [5.41, 5.74) is 2.15. The maximum absolute atomic E-state index is 12.7. The highest BCUT2D eigenvalue weighted by atomic mass is 19.1. The summed E-state index contributed by atoms with van der Waals surface area (Å²) in [5.74, 6) is -0.547. The van der Waals surface area contributed by atoms with Gasteiger partial charge in [-0.15, -0.1) is 0 Å². The molecule has 20 heavy (non-hydrogen) atoms. The first-order valence-corrected chi connectivity index (χ1v) is 6.10. The maximum atomic E-state index is 12.7. The first-order chi connectivity index (χ1) is 9.47. The molecule has 0 spiro atoms. The summed E-state index contributed by atoms with van der Waals surface area (Å²) in [5, 5.41) is 14.0. The fourth-order valence-corrected chi connectivity index (χ4v) is 1.89. The number of rotatable bonds is 4. The number of pyridine rings is 1. The zero-order valence-corrected chi connectivity index (χ0v) is 11.1. The Morgan fingerprint density at radius 2 is 2.10 bits per heavy atom. The summed E-state index contributed by atoms with van der Waals surface area (Å²) in [7, 11) is 0. The summed E-state index contributed by atoms with van der Waals surface area (Å²) in [6, 6.07) is 7.77. The predicted molar refractivity (Wildman–Crippen MR) is 74.1 cm³/mol. The third-order valence-electron chi connectivity index (χ3n) is 3.04. The largest absolute Gasteiger partial charge is 0.377 e. The average molecular weight is 275 g/mol. The molecule has 0 radical (unpaired) electrons. The van der Waals surface area contributed by atoms with Gasteiger partial charge in [0, 0.05) is 17.7 Å². The first-order valence-electron chi connectivity index (χ1n) is 6.10. The lowest BCUT2D eigenvalue weighted by atomic mass is 10.0. The van der Waals surface area contributed by atoms with Gasteiger partial charge in [0.2, 0.25) is 5.95 Å². The molecule has 0 aliphatic rings. The molecule has 0 fully saturated rings. The number of benzene rings is 1. The Morgan fingerprint density at radius 1 is 1.35 bits per heavy atom. The number of hydrogen-bond donors (Lipinski definition) is 1. The van der Waals surface area contributed by atoms with Crippen molar-refractivity contribution in [3.05, 3.63) is 63.7 Å². The number of nitrogens with one attached hydrogen (secondary N) is 1. The maximum Gasteiger partial charge on any atom is 0.272 e. The van der Waals surface area contributed by atoms with E-state index in [-0.39, 0.29) is 11.7 Å². The highest BCUT2D eigenvalue weighted by molar-refractivity contribution is 5.47. The van der Waals surface area contributed by atoms with Crippen molar-refractivity contribution < 1.29 is 9.31 Å². The number of hydrogen-bond acceptors (Lipinski definition) is 4. The number of aryl methyl sites for hydroxylation is 1. The van der Waals surface area contributed by atoms with Gasteiger partial charge in [0.15, 0.2) is 0 Å². The van der Waals surface area contributed by atoms with Crippen molar-refractivity contribution in [1.82, 2.24) is 4.98 Å². The normalized spacial score (nSPS) is 11.9. The lowest BCUT2D eigenvalue weighted by Crippen LogP contribution is -2.07. The fourth-order valence-electron chi connectivity index (χ4n) is 1.89. The molecule has 0 bridgehead atoms. The van der Waals surface area contributed by atoms with Crippen molar-refractivity contribution in [1.29, 1.82) is 0 Å². The first kappa shape index (κ1) is 13.9. The predicted octanol–water partition coefficient (Wildman–Crippen LogP) is 3.61. The summed E-state index contributed by atoms with van der Waals surface area (Å²) in [4.78, 5) is 14.1. The van der Waals surface area contributed by atoms with Crippen LogP contribution in [0.5, 0.6) is 0 Å². The average Bonchev–Trinajstić information content (AvgIpc) is 2.41. The molecule has 2 rings (SSSR count). The molecular formula is C14H14FN3O2. The van der Waals surface area contributed by atoms with Crippen molar-refractivity contribution >= 4 is 11.4 Å². The molecule has 1 aromatic carbocycles. The molecule has 104 valence electrons. The zero-order valence-electron chi connectivity index (χ0n) is 11.1. The lowest BCUT2D eigenvalue weighted by molar-refractivity contribution is -0.385.